The van der Waals surface area contributed by atoms with Crippen LogP contribution in [0.4, 0.5) is 0 Å². The second kappa shape index (κ2) is 4.56. The van der Waals surface area contributed by atoms with Crippen LogP contribution in [0.25, 0.3) is 10.9 Å². The third-order valence-corrected chi connectivity index (χ3v) is 5.28. The maximum absolute atomic E-state index is 6.79. The summed E-state index contributed by atoms with van der Waals surface area (Å²) in [5, 5.41) is 1.21. The van der Waals surface area contributed by atoms with Crippen LogP contribution in [0.5, 0.6) is 0 Å². The van der Waals surface area contributed by atoms with E-state index in [1.165, 1.54) is 36.6 Å². The van der Waals surface area contributed by atoms with Crippen LogP contribution in [0.1, 0.15) is 44.1 Å². The van der Waals surface area contributed by atoms with Gasteiger partial charge in [-0.1, -0.05) is 31.0 Å². The normalized spacial score (nSPS) is 30.6. The van der Waals surface area contributed by atoms with Crippen LogP contribution >= 0.6 is 0 Å². The van der Waals surface area contributed by atoms with Gasteiger partial charge in [-0.15, -0.1) is 0 Å². The summed E-state index contributed by atoms with van der Waals surface area (Å²) < 4.78 is 0. The molecule has 0 spiro atoms. The second-order valence-electron chi connectivity index (χ2n) is 6.77. The minimum atomic E-state index is -0.150. The third-order valence-electron chi connectivity index (χ3n) is 5.28. The Morgan fingerprint density at radius 3 is 2.80 bits per heavy atom. The smallest absolute Gasteiger partial charge is 0.0702 e. The van der Waals surface area contributed by atoms with Crippen molar-refractivity contribution < 1.29 is 0 Å². The summed E-state index contributed by atoms with van der Waals surface area (Å²) in [4.78, 5) is 4.61. The maximum Gasteiger partial charge on any atom is 0.0702 e. The van der Waals surface area contributed by atoms with Crippen molar-refractivity contribution in [2.45, 2.75) is 44.1 Å². The van der Waals surface area contributed by atoms with E-state index >= 15 is 0 Å². The van der Waals surface area contributed by atoms with E-state index < -0.39 is 0 Å². The van der Waals surface area contributed by atoms with Crippen molar-refractivity contribution in [3.63, 3.8) is 0 Å². The van der Waals surface area contributed by atoms with Gasteiger partial charge in [-0.3, -0.25) is 4.98 Å². The summed E-state index contributed by atoms with van der Waals surface area (Å²) in [6, 6.07) is 10.6. The maximum atomic E-state index is 6.79. The molecule has 2 atom stereocenters. The fourth-order valence-corrected chi connectivity index (χ4v) is 3.93. The van der Waals surface area contributed by atoms with Gasteiger partial charge < -0.3 is 5.73 Å². The predicted molar refractivity (Wildman–Crippen MR) is 82.3 cm³/mol. The van der Waals surface area contributed by atoms with Crippen molar-refractivity contribution in [3.8, 4) is 0 Å². The van der Waals surface area contributed by atoms with Crippen molar-refractivity contribution in [1.82, 2.24) is 4.98 Å². The summed E-state index contributed by atoms with van der Waals surface area (Å²) in [6.45, 7) is 0. The Morgan fingerprint density at radius 1 is 1.10 bits per heavy atom. The topological polar surface area (TPSA) is 38.9 Å². The zero-order valence-corrected chi connectivity index (χ0v) is 11.9. The average molecular weight is 266 g/mol. The van der Waals surface area contributed by atoms with Crippen LogP contribution in [0.3, 0.4) is 0 Å². The van der Waals surface area contributed by atoms with Crippen molar-refractivity contribution in [2.24, 2.45) is 17.6 Å². The molecule has 2 aliphatic carbocycles. The molecule has 2 unspecified atom stereocenters. The van der Waals surface area contributed by atoms with E-state index in [2.05, 4.69) is 29.2 Å². The van der Waals surface area contributed by atoms with Gasteiger partial charge in [-0.05, 0) is 55.2 Å². The van der Waals surface area contributed by atoms with E-state index in [1.807, 2.05) is 12.3 Å². The van der Waals surface area contributed by atoms with E-state index in [1.54, 1.807) is 0 Å². The van der Waals surface area contributed by atoms with Crippen molar-refractivity contribution in [3.05, 3.63) is 42.1 Å². The van der Waals surface area contributed by atoms with E-state index in [0.717, 1.165) is 30.2 Å². The first-order valence-electron chi connectivity index (χ1n) is 7.89. The van der Waals surface area contributed by atoms with Gasteiger partial charge in [0.1, 0.15) is 0 Å². The molecule has 0 aliphatic heterocycles. The third kappa shape index (κ3) is 2.12. The number of hydrogen-bond acceptors (Lipinski definition) is 2. The lowest BCUT2D eigenvalue weighted by Gasteiger charge is -2.38. The first-order valence-corrected chi connectivity index (χ1v) is 7.89. The Bertz CT molecular complexity index is 632. The Morgan fingerprint density at radius 2 is 1.95 bits per heavy atom. The van der Waals surface area contributed by atoms with Gasteiger partial charge in [0.2, 0.25) is 0 Å². The Balaban J connectivity index is 1.69. The van der Waals surface area contributed by atoms with Gasteiger partial charge in [0.05, 0.1) is 5.52 Å². The summed E-state index contributed by atoms with van der Waals surface area (Å²) in [7, 11) is 0. The number of para-hydroxylation sites is 1. The first kappa shape index (κ1) is 12.3. The molecule has 4 rings (SSSR count). The molecule has 2 saturated carbocycles. The molecule has 1 heterocycles. The van der Waals surface area contributed by atoms with Gasteiger partial charge in [0.25, 0.3) is 0 Å². The van der Waals surface area contributed by atoms with Gasteiger partial charge >= 0.3 is 0 Å². The van der Waals surface area contributed by atoms with Crippen molar-refractivity contribution >= 4 is 10.9 Å². The fraction of sp³-hybridized carbons (Fsp3) is 0.500. The van der Waals surface area contributed by atoms with Gasteiger partial charge in [0, 0.05) is 17.1 Å². The van der Waals surface area contributed by atoms with E-state index in [0.29, 0.717) is 0 Å². The molecule has 2 aromatic rings. The number of rotatable bonds is 2. The number of nitrogens with zero attached hydrogens (tertiary/aromatic N) is 1. The van der Waals surface area contributed by atoms with Crippen LogP contribution in [0.2, 0.25) is 0 Å². The molecule has 20 heavy (non-hydrogen) atoms. The summed E-state index contributed by atoms with van der Waals surface area (Å²) in [5.41, 5.74) is 8.94. The summed E-state index contributed by atoms with van der Waals surface area (Å²) in [6.07, 6.45) is 9.77. The molecule has 104 valence electrons. The number of nitrogens with two attached hydrogens (primary N) is 1. The SMILES string of the molecule is NC1(c2cnc3ccccc3c2)CCCC(C2CC2)C1. The highest BCUT2D eigenvalue weighted by Gasteiger charge is 2.40. The van der Waals surface area contributed by atoms with Gasteiger partial charge in [-0.25, -0.2) is 0 Å². The highest BCUT2D eigenvalue weighted by atomic mass is 14.8. The molecule has 0 saturated heterocycles. The second-order valence-corrected chi connectivity index (χ2v) is 6.77. The van der Waals surface area contributed by atoms with Crippen LogP contribution in [0.15, 0.2) is 36.5 Å². The lowest BCUT2D eigenvalue weighted by molar-refractivity contribution is 0.206. The van der Waals surface area contributed by atoms with Crippen molar-refractivity contribution in [1.29, 1.82) is 0 Å². The van der Waals surface area contributed by atoms with Gasteiger partial charge in [-0.2, -0.15) is 0 Å². The van der Waals surface area contributed by atoms with Crippen LogP contribution in [0, 0.1) is 11.8 Å². The average Bonchev–Trinajstić information content (AvgIpc) is 3.31. The summed E-state index contributed by atoms with van der Waals surface area (Å²) in [5.74, 6) is 1.81. The van der Waals surface area contributed by atoms with E-state index in [-0.39, 0.29) is 5.54 Å². The number of benzene rings is 1. The van der Waals surface area contributed by atoms with Crippen molar-refractivity contribution in [2.75, 3.05) is 0 Å². The van der Waals surface area contributed by atoms with Gasteiger partial charge in [0.15, 0.2) is 0 Å². The monoisotopic (exact) mass is 266 g/mol. The van der Waals surface area contributed by atoms with Crippen LogP contribution in [-0.2, 0) is 5.54 Å². The van der Waals surface area contributed by atoms with E-state index in [9.17, 15) is 0 Å². The highest BCUT2D eigenvalue weighted by Crippen LogP contribution is 2.48. The zero-order chi connectivity index (χ0) is 13.6. The Hall–Kier alpha value is -1.41. The highest BCUT2D eigenvalue weighted by molar-refractivity contribution is 5.79. The Labute approximate surface area is 120 Å². The lowest BCUT2D eigenvalue weighted by Crippen LogP contribution is -2.42. The number of hydrogen-bond donors (Lipinski definition) is 1. The fourth-order valence-electron chi connectivity index (χ4n) is 3.93. The summed E-state index contributed by atoms with van der Waals surface area (Å²) >= 11 is 0. The largest absolute Gasteiger partial charge is 0.321 e. The molecule has 0 amide bonds. The Kier molecular flexibility index (Phi) is 2.81. The molecular formula is C18H22N2. The predicted octanol–water partition coefficient (Wildman–Crippen LogP) is 3.99. The molecule has 2 nitrogen and oxygen atoms in total. The number of aromatic nitrogens is 1. The lowest BCUT2D eigenvalue weighted by atomic mass is 9.71. The molecule has 1 aromatic carbocycles. The van der Waals surface area contributed by atoms with Crippen LogP contribution < -0.4 is 5.73 Å². The standard InChI is InChI=1S/C18H22N2/c19-18(9-3-5-15(11-18)13-7-8-13)16-10-14-4-1-2-6-17(14)20-12-16/h1-2,4,6,10,12-13,15H,3,5,7-9,11,19H2. The molecule has 1 aromatic heterocycles. The molecule has 0 bridgehead atoms. The molecule has 2 N–H and O–H groups in total. The van der Waals surface area contributed by atoms with Crippen LogP contribution in [-0.4, -0.2) is 4.98 Å². The molecule has 2 aliphatic rings. The first-order chi connectivity index (χ1) is 9.74. The molecular weight excluding hydrogens is 244 g/mol. The minimum absolute atomic E-state index is 0.150. The number of pyridine rings is 1. The molecule has 2 heteroatoms. The quantitative estimate of drug-likeness (QED) is 0.892. The molecule has 0 radical (unpaired) electrons. The zero-order valence-electron chi connectivity index (χ0n) is 11.9. The molecule has 2 fully saturated rings. The van der Waals surface area contributed by atoms with E-state index in [4.69, 9.17) is 5.73 Å². The minimum Gasteiger partial charge on any atom is -0.321 e. The number of fused-ring (bicyclic) bond motifs is 1.